The van der Waals surface area contributed by atoms with Crippen LogP contribution in [0, 0.1) is 0 Å². The predicted octanol–water partition coefficient (Wildman–Crippen LogP) is 1.43. The lowest BCUT2D eigenvalue weighted by atomic mass is 10.2. The highest BCUT2D eigenvalue weighted by atomic mass is 16.7. The maximum atomic E-state index is 10.8. The molecule has 6 nitrogen and oxygen atoms in total. The second kappa shape index (κ2) is 4.97. The zero-order chi connectivity index (χ0) is 13.2. The summed E-state index contributed by atoms with van der Waals surface area (Å²) in [6, 6.07) is 5.33. The third-order valence-corrected chi connectivity index (χ3v) is 3.16. The van der Waals surface area contributed by atoms with E-state index in [-0.39, 0.29) is 12.9 Å². The fourth-order valence-electron chi connectivity index (χ4n) is 2.17. The molecule has 1 aromatic rings. The van der Waals surface area contributed by atoms with Gasteiger partial charge in [-0.2, -0.15) is 0 Å². The van der Waals surface area contributed by atoms with Crippen LogP contribution in [-0.2, 0) is 9.53 Å². The van der Waals surface area contributed by atoms with Gasteiger partial charge in [-0.05, 0) is 25.0 Å². The average Bonchev–Trinajstić information content (AvgIpc) is 3.04. The Morgan fingerprint density at radius 2 is 2.16 bits per heavy atom. The molecule has 1 aromatic carbocycles. The molecule has 2 heterocycles. The van der Waals surface area contributed by atoms with Crippen molar-refractivity contribution in [3.63, 3.8) is 0 Å². The molecule has 0 bridgehead atoms. The van der Waals surface area contributed by atoms with Crippen molar-refractivity contribution < 1.29 is 28.8 Å². The molecule has 2 aliphatic heterocycles. The number of fused-ring (bicyclic) bond motifs is 1. The molecule has 1 saturated heterocycles. The van der Waals surface area contributed by atoms with Gasteiger partial charge in [-0.3, -0.25) is 0 Å². The van der Waals surface area contributed by atoms with Crippen molar-refractivity contribution in [2.24, 2.45) is 0 Å². The van der Waals surface area contributed by atoms with Crippen LogP contribution in [0.25, 0.3) is 0 Å². The van der Waals surface area contributed by atoms with Crippen LogP contribution in [0.1, 0.15) is 12.8 Å². The summed E-state index contributed by atoms with van der Waals surface area (Å²) in [5, 5.41) is 8.83. The zero-order valence-corrected chi connectivity index (χ0v) is 10.2. The molecule has 19 heavy (non-hydrogen) atoms. The molecular weight excluding hydrogens is 252 g/mol. The number of carboxylic acids is 1. The molecule has 6 heteroatoms. The Balaban J connectivity index is 1.54. The summed E-state index contributed by atoms with van der Waals surface area (Å²) < 4.78 is 21.4. The molecule has 0 radical (unpaired) electrons. The van der Waals surface area contributed by atoms with E-state index in [9.17, 15) is 4.79 Å². The van der Waals surface area contributed by atoms with E-state index in [4.69, 9.17) is 24.1 Å². The zero-order valence-electron chi connectivity index (χ0n) is 10.2. The minimum absolute atomic E-state index is 0.175. The molecule has 1 N–H and O–H groups in total. The number of rotatable bonds is 4. The maximum absolute atomic E-state index is 10.8. The molecule has 1 fully saturated rings. The van der Waals surface area contributed by atoms with Gasteiger partial charge in [-0.1, -0.05) is 0 Å². The van der Waals surface area contributed by atoms with Gasteiger partial charge in [0.2, 0.25) is 6.79 Å². The normalized spacial score (nSPS) is 24.4. The number of benzene rings is 1. The molecule has 3 rings (SSSR count). The summed E-state index contributed by atoms with van der Waals surface area (Å²) in [6.07, 6.45) is 0.350. The topological polar surface area (TPSA) is 74.2 Å². The average molecular weight is 266 g/mol. The number of hydrogen-bond donors (Lipinski definition) is 1. The van der Waals surface area contributed by atoms with Gasteiger partial charge in [0.1, 0.15) is 12.4 Å². The SMILES string of the molecule is O=C(O)C1CCC(COc2ccc3c(c2)OCO3)O1. The number of hydrogen-bond acceptors (Lipinski definition) is 5. The van der Waals surface area contributed by atoms with Crippen LogP contribution in [0.3, 0.4) is 0 Å². The molecule has 0 aliphatic carbocycles. The lowest BCUT2D eigenvalue weighted by Crippen LogP contribution is -2.23. The molecule has 0 amide bonds. The first-order chi connectivity index (χ1) is 9.22. The second-order valence-corrected chi connectivity index (χ2v) is 4.49. The summed E-state index contributed by atoms with van der Waals surface area (Å²) in [7, 11) is 0. The fraction of sp³-hybridized carbons (Fsp3) is 0.462. The lowest BCUT2D eigenvalue weighted by molar-refractivity contribution is -0.149. The van der Waals surface area contributed by atoms with Crippen molar-refractivity contribution in [1.29, 1.82) is 0 Å². The Hall–Kier alpha value is -1.95. The van der Waals surface area contributed by atoms with E-state index in [0.717, 1.165) is 0 Å². The Labute approximate surface area is 109 Å². The van der Waals surface area contributed by atoms with Crippen LogP contribution in [0.4, 0.5) is 0 Å². The first-order valence-corrected chi connectivity index (χ1v) is 6.13. The van der Waals surface area contributed by atoms with Gasteiger partial charge < -0.3 is 24.1 Å². The van der Waals surface area contributed by atoms with E-state index < -0.39 is 12.1 Å². The Bertz CT molecular complexity index is 486. The summed E-state index contributed by atoms with van der Waals surface area (Å²) in [5.41, 5.74) is 0. The molecule has 2 aliphatic rings. The van der Waals surface area contributed by atoms with Crippen LogP contribution < -0.4 is 14.2 Å². The van der Waals surface area contributed by atoms with E-state index in [1.54, 1.807) is 18.2 Å². The van der Waals surface area contributed by atoms with Crippen molar-refractivity contribution >= 4 is 5.97 Å². The summed E-state index contributed by atoms with van der Waals surface area (Å²) >= 11 is 0. The first kappa shape index (κ1) is 12.1. The van der Waals surface area contributed by atoms with Crippen LogP contribution in [-0.4, -0.2) is 36.7 Å². The van der Waals surface area contributed by atoms with Gasteiger partial charge in [0, 0.05) is 6.07 Å². The maximum Gasteiger partial charge on any atom is 0.332 e. The Kier molecular flexibility index (Phi) is 3.16. The fourth-order valence-corrected chi connectivity index (χ4v) is 2.17. The molecule has 0 spiro atoms. The summed E-state index contributed by atoms with van der Waals surface area (Å²) in [4.78, 5) is 10.8. The molecular formula is C13H14O6. The standard InChI is InChI=1S/C13H14O6/c14-13(15)11-4-2-9(19-11)6-16-8-1-3-10-12(5-8)18-7-17-10/h1,3,5,9,11H,2,4,6-7H2,(H,14,15). The minimum atomic E-state index is -0.912. The highest BCUT2D eigenvalue weighted by Gasteiger charge is 2.30. The van der Waals surface area contributed by atoms with Crippen LogP contribution >= 0.6 is 0 Å². The van der Waals surface area contributed by atoms with Crippen LogP contribution in [0.2, 0.25) is 0 Å². The molecule has 2 unspecified atom stereocenters. The van der Waals surface area contributed by atoms with Crippen molar-refractivity contribution in [3.8, 4) is 17.2 Å². The number of aliphatic carboxylic acids is 1. The number of carboxylic acid groups (broad SMARTS) is 1. The molecule has 0 saturated carbocycles. The summed E-state index contributed by atoms with van der Waals surface area (Å²) in [6.45, 7) is 0.564. The van der Waals surface area contributed by atoms with E-state index >= 15 is 0 Å². The van der Waals surface area contributed by atoms with Gasteiger partial charge in [-0.15, -0.1) is 0 Å². The molecule has 102 valence electrons. The van der Waals surface area contributed by atoms with E-state index in [1.165, 1.54) is 0 Å². The Morgan fingerprint density at radius 3 is 2.95 bits per heavy atom. The van der Waals surface area contributed by atoms with Crippen molar-refractivity contribution in [2.75, 3.05) is 13.4 Å². The lowest BCUT2D eigenvalue weighted by Gasteiger charge is -2.13. The van der Waals surface area contributed by atoms with E-state index in [1.807, 2.05) is 0 Å². The Morgan fingerprint density at radius 1 is 1.32 bits per heavy atom. The van der Waals surface area contributed by atoms with Crippen molar-refractivity contribution in [2.45, 2.75) is 25.0 Å². The second-order valence-electron chi connectivity index (χ2n) is 4.49. The number of carbonyl (C=O) groups is 1. The quantitative estimate of drug-likeness (QED) is 0.888. The third-order valence-electron chi connectivity index (χ3n) is 3.16. The first-order valence-electron chi connectivity index (χ1n) is 6.13. The van der Waals surface area contributed by atoms with Gasteiger partial charge >= 0.3 is 5.97 Å². The largest absolute Gasteiger partial charge is 0.491 e. The van der Waals surface area contributed by atoms with Gasteiger partial charge in [-0.25, -0.2) is 4.79 Å². The minimum Gasteiger partial charge on any atom is -0.491 e. The third kappa shape index (κ3) is 2.58. The van der Waals surface area contributed by atoms with E-state index in [2.05, 4.69) is 0 Å². The van der Waals surface area contributed by atoms with E-state index in [0.29, 0.717) is 36.7 Å². The monoisotopic (exact) mass is 266 g/mol. The van der Waals surface area contributed by atoms with Gasteiger partial charge in [0.15, 0.2) is 17.6 Å². The molecule has 2 atom stereocenters. The van der Waals surface area contributed by atoms with Gasteiger partial charge in [0.25, 0.3) is 0 Å². The summed E-state index contributed by atoms with van der Waals surface area (Å²) in [5.74, 6) is 1.11. The predicted molar refractivity (Wildman–Crippen MR) is 63.6 cm³/mol. The highest BCUT2D eigenvalue weighted by Crippen LogP contribution is 2.35. The van der Waals surface area contributed by atoms with Crippen LogP contribution in [0.5, 0.6) is 17.2 Å². The van der Waals surface area contributed by atoms with Crippen molar-refractivity contribution in [1.82, 2.24) is 0 Å². The van der Waals surface area contributed by atoms with Crippen LogP contribution in [0.15, 0.2) is 18.2 Å². The highest BCUT2D eigenvalue weighted by molar-refractivity contribution is 5.72. The smallest absolute Gasteiger partial charge is 0.332 e. The molecule has 0 aromatic heterocycles. The van der Waals surface area contributed by atoms with Gasteiger partial charge in [0.05, 0.1) is 6.10 Å². The van der Waals surface area contributed by atoms with Crippen molar-refractivity contribution in [3.05, 3.63) is 18.2 Å². The number of ether oxygens (including phenoxy) is 4.